The lowest BCUT2D eigenvalue weighted by Crippen LogP contribution is -2.28. The van der Waals surface area contributed by atoms with E-state index in [1.807, 2.05) is 42.5 Å². The van der Waals surface area contributed by atoms with Crippen LogP contribution in [0.1, 0.15) is 6.42 Å². The Kier molecular flexibility index (Phi) is 5.03. The van der Waals surface area contributed by atoms with Crippen LogP contribution in [0.3, 0.4) is 0 Å². The Morgan fingerprint density at radius 1 is 1.25 bits per heavy atom. The molecule has 1 heterocycles. The molecule has 0 saturated carbocycles. The highest BCUT2D eigenvalue weighted by atomic mass is 127. The van der Waals surface area contributed by atoms with Gasteiger partial charge >= 0.3 is 0 Å². The van der Waals surface area contributed by atoms with Crippen molar-refractivity contribution in [2.75, 3.05) is 23.9 Å². The fraction of sp³-hybridized carbons (Fsp3) is 0.222. The predicted molar refractivity (Wildman–Crippen MR) is 101 cm³/mol. The number of methoxy groups -OCH3 is 1. The van der Waals surface area contributed by atoms with Gasteiger partial charge in [0.25, 0.3) is 0 Å². The summed E-state index contributed by atoms with van der Waals surface area (Å²) in [6, 6.07) is 14.9. The summed E-state index contributed by atoms with van der Waals surface area (Å²) in [6.07, 6.45) is 0.215. The molecule has 0 aliphatic carbocycles. The Bertz CT molecular complexity index is 778. The lowest BCUT2D eigenvalue weighted by Gasteiger charge is -2.17. The number of anilines is 2. The minimum Gasteiger partial charge on any atom is -0.497 e. The number of carbonyl (C=O) groups is 2. The Labute approximate surface area is 154 Å². The molecule has 0 spiro atoms. The number of para-hydroxylation sites is 1. The van der Waals surface area contributed by atoms with E-state index in [9.17, 15) is 9.59 Å². The molecule has 0 radical (unpaired) electrons. The maximum absolute atomic E-state index is 12.5. The molecule has 1 N–H and O–H groups in total. The van der Waals surface area contributed by atoms with Gasteiger partial charge in [0, 0.05) is 28.3 Å². The van der Waals surface area contributed by atoms with Crippen molar-refractivity contribution in [2.24, 2.45) is 5.92 Å². The standard InChI is InChI=1S/C18H17IN2O3/c1-24-14-6-4-5-13(10-14)21-11-12(9-17(21)22)18(23)20-16-8-3-2-7-15(16)19/h2-8,10,12H,9,11H2,1H3,(H,20,23)/t12-/m1/s1. The van der Waals surface area contributed by atoms with Crippen LogP contribution >= 0.6 is 22.6 Å². The molecule has 2 amide bonds. The summed E-state index contributed by atoms with van der Waals surface area (Å²) in [4.78, 5) is 26.4. The topological polar surface area (TPSA) is 58.6 Å². The van der Waals surface area contributed by atoms with Crippen LogP contribution in [0.15, 0.2) is 48.5 Å². The first-order valence-corrected chi connectivity index (χ1v) is 8.66. The zero-order valence-corrected chi connectivity index (χ0v) is 15.3. The summed E-state index contributed by atoms with van der Waals surface area (Å²) in [5.41, 5.74) is 1.53. The van der Waals surface area contributed by atoms with Gasteiger partial charge in [0.05, 0.1) is 18.7 Å². The van der Waals surface area contributed by atoms with Crippen LogP contribution in [0.25, 0.3) is 0 Å². The van der Waals surface area contributed by atoms with Gasteiger partial charge in [0.1, 0.15) is 5.75 Å². The molecular formula is C18H17IN2O3. The first-order valence-electron chi connectivity index (χ1n) is 7.58. The number of amides is 2. The van der Waals surface area contributed by atoms with Crippen molar-refractivity contribution < 1.29 is 14.3 Å². The second-order valence-electron chi connectivity index (χ2n) is 5.58. The van der Waals surface area contributed by atoms with Crippen LogP contribution < -0.4 is 15.0 Å². The fourth-order valence-corrected chi connectivity index (χ4v) is 3.23. The van der Waals surface area contributed by atoms with Gasteiger partial charge in [-0.25, -0.2) is 0 Å². The van der Waals surface area contributed by atoms with Crippen molar-refractivity contribution in [1.29, 1.82) is 0 Å². The second-order valence-corrected chi connectivity index (χ2v) is 6.74. The third-order valence-electron chi connectivity index (χ3n) is 3.99. The van der Waals surface area contributed by atoms with E-state index in [1.54, 1.807) is 18.1 Å². The van der Waals surface area contributed by atoms with Gasteiger partial charge < -0.3 is 15.0 Å². The van der Waals surface area contributed by atoms with Crippen molar-refractivity contribution >= 4 is 45.8 Å². The molecule has 2 aromatic carbocycles. The number of ether oxygens (including phenoxy) is 1. The van der Waals surface area contributed by atoms with Crippen molar-refractivity contribution in [1.82, 2.24) is 0 Å². The minimum atomic E-state index is -0.361. The number of rotatable bonds is 4. The van der Waals surface area contributed by atoms with Crippen molar-refractivity contribution in [2.45, 2.75) is 6.42 Å². The van der Waals surface area contributed by atoms with E-state index in [2.05, 4.69) is 27.9 Å². The molecule has 0 unspecified atom stereocenters. The van der Waals surface area contributed by atoms with Crippen LogP contribution in [-0.4, -0.2) is 25.5 Å². The molecule has 1 atom stereocenters. The number of benzene rings is 2. The number of halogens is 1. The van der Waals surface area contributed by atoms with E-state index in [-0.39, 0.29) is 24.2 Å². The van der Waals surface area contributed by atoms with Crippen LogP contribution in [-0.2, 0) is 9.59 Å². The van der Waals surface area contributed by atoms with E-state index in [0.717, 1.165) is 14.9 Å². The van der Waals surface area contributed by atoms with E-state index in [0.29, 0.717) is 12.3 Å². The predicted octanol–water partition coefficient (Wildman–Crippen LogP) is 3.29. The van der Waals surface area contributed by atoms with Gasteiger partial charge in [-0.05, 0) is 46.9 Å². The van der Waals surface area contributed by atoms with E-state index in [4.69, 9.17) is 4.74 Å². The molecule has 5 nitrogen and oxygen atoms in total. The molecule has 1 aliphatic heterocycles. The normalized spacial score (nSPS) is 17.0. The number of nitrogens with zero attached hydrogens (tertiary/aromatic N) is 1. The van der Waals surface area contributed by atoms with Crippen molar-refractivity contribution in [3.05, 3.63) is 52.1 Å². The summed E-state index contributed by atoms with van der Waals surface area (Å²) in [6.45, 7) is 0.376. The summed E-state index contributed by atoms with van der Waals surface area (Å²) in [5, 5.41) is 2.92. The average Bonchev–Trinajstić information content (AvgIpc) is 2.99. The number of hydrogen-bond acceptors (Lipinski definition) is 3. The summed E-state index contributed by atoms with van der Waals surface area (Å²) in [5.74, 6) is 0.149. The Morgan fingerprint density at radius 2 is 2.04 bits per heavy atom. The third-order valence-corrected chi connectivity index (χ3v) is 4.93. The highest BCUT2D eigenvalue weighted by Gasteiger charge is 2.35. The summed E-state index contributed by atoms with van der Waals surface area (Å²) in [7, 11) is 1.59. The van der Waals surface area contributed by atoms with Crippen LogP contribution in [0.4, 0.5) is 11.4 Å². The summed E-state index contributed by atoms with van der Waals surface area (Å²) < 4.78 is 6.17. The van der Waals surface area contributed by atoms with Gasteiger partial charge in [-0.15, -0.1) is 0 Å². The van der Waals surface area contributed by atoms with E-state index >= 15 is 0 Å². The molecule has 1 aliphatic rings. The van der Waals surface area contributed by atoms with Crippen LogP contribution in [0.5, 0.6) is 5.75 Å². The van der Waals surface area contributed by atoms with Gasteiger partial charge in [0.2, 0.25) is 11.8 Å². The minimum absolute atomic E-state index is 0.0499. The van der Waals surface area contributed by atoms with Crippen LogP contribution in [0.2, 0.25) is 0 Å². The van der Waals surface area contributed by atoms with Gasteiger partial charge in [-0.3, -0.25) is 9.59 Å². The highest BCUT2D eigenvalue weighted by Crippen LogP contribution is 2.29. The zero-order chi connectivity index (χ0) is 17.1. The summed E-state index contributed by atoms with van der Waals surface area (Å²) >= 11 is 2.18. The molecule has 0 aromatic heterocycles. The number of carbonyl (C=O) groups excluding carboxylic acids is 2. The Hall–Kier alpha value is -2.09. The molecular weight excluding hydrogens is 419 g/mol. The Morgan fingerprint density at radius 3 is 2.79 bits per heavy atom. The molecule has 0 bridgehead atoms. The smallest absolute Gasteiger partial charge is 0.229 e. The third kappa shape index (κ3) is 3.53. The van der Waals surface area contributed by atoms with Gasteiger partial charge in [-0.2, -0.15) is 0 Å². The van der Waals surface area contributed by atoms with E-state index < -0.39 is 0 Å². The monoisotopic (exact) mass is 436 g/mol. The highest BCUT2D eigenvalue weighted by molar-refractivity contribution is 14.1. The molecule has 6 heteroatoms. The van der Waals surface area contributed by atoms with Crippen molar-refractivity contribution in [3.63, 3.8) is 0 Å². The number of nitrogens with one attached hydrogen (secondary N) is 1. The number of hydrogen-bond donors (Lipinski definition) is 1. The molecule has 1 fully saturated rings. The molecule has 2 aromatic rings. The lowest BCUT2D eigenvalue weighted by molar-refractivity contribution is -0.122. The molecule has 24 heavy (non-hydrogen) atoms. The van der Waals surface area contributed by atoms with Gasteiger partial charge in [0.15, 0.2) is 0 Å². The van der Waals surface area contributed by atoms with E-state index in [1.165, 1.54) is 0 Å². The fourth-order valence-electron chi connectivity index (χ4n) is 2.71. The molecule has 124 valence electrons. The average molecular weight is 436 g/mol. The first-order chi connectivity index (χ1) is 11.6. The first kappa shape index (κ1) is 16.8. The van der Waals surface area contributed by atoms with Crippen molar-refractivity contribution in [3.8, 4) is 5.75 Å². The largest absolute Gasteiger partial charge is 0.497 e. The molecule has 3 rings (SSSR count). The van der Waals surface area contributed by atoms with Crippen LogP contribution in [0, 0.1) is 9.49 Å². The van der Waals surface area contributed by atoms with Gasteiger partial charge in [-0.1, -0.05) is 18.2 Å². The quantitative estimate of drug-likeness (QED) is 0.749. The zero-order valence-electron chi connectivity index (χ0n) is 13.2. The maximum Gasteiger partial charge on any atom is 0.229 e. The second kappa shape index (κ2) is 7.21. The lowest BCUT2D eigenvalue weighted by atomic mass is 10.1. The molecule has 1 saturated heterocycles. The Balaban J connectivity index is 1.72. The SMILES string of the molecule is COc1cccc(N2C[C@H](C(=O)Nc3ccccc3I)CC2=O)c1. The maximum atomic E-state index is 12.5.